The van der Waals surface area contributed by atoms with Crippen LogP contribution in [0.5, 0.6) is 0 Å². The minimum Gasteiger partial charge on any atom is -0.350 e. The van der Waals surface area contributed by atoms with Crippen LogP contribution in [-0.2, 0) is 6.54 Å². The lowest BCUT2D eigenvalue weighted by molar-refractivity contribution is 0.0952. The van der Waals surface area contributed by atoms with E-state index in [2.05, 4.69) is 20.4 Å². The van der Waals surface area contributed by atoms with Gasteiger partial charge in [0, 0.05) is 35.8 Å². The highest BCUT2D eigenvalue weighted by molar-refractivity contribution is 5.94. The van der Waals surface area contributed by atoms with Gasteiger partial charge >= 0.3 is 0 Å². The van der Waals surface area contributed by atoms with Crippen molar-refractivity contribution < 1.29 is 9.32 Å². The van der Waals surface area contributed by atoms with Crippen LogP contribution >= 0.6 is 0 Å². The minimum atomic E-state index is -0.109. The van der Waals surface area contributed by atoms with Crippen molar-refractivity contribution in [1.82, 2.24) is 25.0 Å². The Kier molecular flexibility index (Phi) is 5.16. The largest absolute Gasteiger partial charge is 0.350 e. The zero-order chi connectivity index (χ0) is 18.7. The summed E-state index contributed by atoms with van der Waals surface area (Å²) in [5.41, 5.74) is 3.54. The van der Waals surface area contributed by atoms with Crippen molar-refractivity contribution >= 4 is 5.91 Å². The van der Waals surface area contributed by atoms with Crippen molar-refractivity contribution in [3.63, 3.8) is 0 Å². The van der Waals surface area contributed by atoms with Gasteiger partial charge in [0.15, 0.2) is 0 Å². The molecule has 3 rings (SSSR count). The third-order valence-corrected chi connectivity index (χ3v) is 4.32. The van der Waals surface area contributed by atoms with Crippen LogP contribution < -0.4 is 5.32 Å². The van der Waals surface area contributed by atoms with Crippen molar-refractivity contribution in [3.8, 4) is 11.4 Å². The fourth-order valence-electron chi connectivity index (χ4n) is 2.52. The number of imidazole rings is 1. The number of rotatable bonds is 6. The molecule has 0 spiro atoms. The van der Waals surface area contributed by atoms with E-state index in [9.17, 15) is 4.79 Å². The molecule has 2 aromatic heterocycles. The molecule has 0 saturated heterocycles. The molecule has 7 heteroatoms. The molecule has 0 aliphatic carbocycles. The normalized spacial score (nSPS) is 11.1. The Morgan fingerprint density at radius 1 is 1.23 bits per heavy atom. The molecule has 2 heterocycles. The smallest absolute Gasteiger partial charge is 0.251 e. The molecule has 26 heavy (non-hydrogen) atoms. The molecule has 0 radical (unpaired) electrons. The summed E-state index contributed by atoms with van der Waals surface area (Å²) in [5, 5.41) is 6.91. The summed E-state index contributed by atoms with van der Waals surface area (Å²) in [6.45, 7) is 9.22. The van der Waals surface area contributed by atoms with E-state index < -0.39 is 0 Å². The maximum Gasteiger partial charge on any atom is 0.251 e. The summed E-state index contributed by atoms with van der Waals surface area (Å²) in [5.74, 6) is 1.21. The van der Waals surface area contributed by atoms with Gasteiger partial charge in [-0.05, 0) is 26.0 Å². The molecule has 1 amide bonds. The molecule has 0 fully saturated rings. The molecule has 136 valence electrons. The molecule has 0 aliphatic heterocycles. The van der Waals surface area contributed by atoms with E-state index in [-0.39, 0.29) is 11.8 Å². The second-order valence-electron chi connectivity index (χ2n) is 6.55. The second kappa shape index (κ2) is 7.51. The Labute approximate surface area is 152 Å². The molecule has 0 saturated carbocycles. The standard InChI is InChI=1S/C19H23N5O2/c1-12(2)19-22-17(23-26-19)15-5-7-16(8-6-15)18(25)20-9-10-24-11-21-13(3)14(24)4/h5-8,11-12H,9-10H2,1-4H3,(H,20,25). The quantitative estimate of drug-likeness (QED) is 0.736. The van der Waals surface area contributed by atoms with E-state index in [1.54, 1.807) is 18.5 Å². The molecule has 0 unspecified atom stereocenters. The molecule has 0 atom stereocenters. The third-order valence-electron chi connectivity index (χ3n) is 4.32. The van der Waals surface area contributed by atoms with Crippen molar-refractivity contribution in [2.24, 2.45) is 0 Å². The van der Waals surface area contributed by atoms with Crippen LogP contribution in [0, 0.1) is 13.8 Å². The van der Waals surface area contributed by atoms with Crippen LogP contribution in [-0.4, -0.2) is 32.1 Å². The Morgan fingerprint density at radius 2 is 1.96 bits per heavy atom. The van der Waals surface area contributed by atoms with Crippen molar-refractivity contribution in [2.45, 2.75) is 40.2 Å². The number of amides is 1. The first-order valence-corrected chi connectivity index (χ1v) is 8.66. The molecule has 3 aromatic rings. The van der Waals surface area contributed by atoms with Gasteiger partial charge in [0.2, 0.25) is 11.7 Å². The van der Waals surface area contributed by atoms with Crippen LogP contribution in [0.1, 0.15) is 47.4 Å². The van der Waals surface area contributed by atoms with Gasteiger partial charge in [-0.3, -0.25) is 4.79 Å². The number of aromatic nitrogens is 4. The lowest BCUT2D eigenvalue weighted by Gasteiger charge is -2.08. The highest BCUT2D eigenvalue weighted by Gasteiger charge is 2.12. The second-order valence-corrected chi connectivity index (χ2v) is 6.55. The Morgan fingerprint density at radius 3 is 2.54 bits per heavy atom. The predicted octanol–water partition coefficient (Wildman–Crippen LogP) is 3.10. The first-order chi connectivity index (χ1) is 12.5. The number of nitrogens with zero attached hydrogens (tertiary/aromatic N) is 4. The number of hydrogen-bond acceptors (Lipinski definition) is 5. The first kappa shape index (κ1) is 17.8. The highest BCUT2D eigenvalue weighted by atomic mass is 16.5. The average molecular weight is 353 g/mol. The Hall–Kier alpha value is -2.96. The number of carbonyl (C=O) groups excluding carboxylic acids is 1. The van der Waals surface area contributed by atoms with Gasteiger partial charge in [0.1, 0.15) is 0 Å². The van der Waals surface area contributed by atoms with E-state index in [4.69, 9.17) is 4.52 Å². The number of benzene rings is 1. The number of carbonyl (C=O) groups is 1. The molecule has 0 aliphatic rings. The van der Waals surface area contributed by atoms with Gasteiger partial charge in [-0.2, -0.15) is 4.98 Å². The van der Waals surface area contributed by atoms with Gasteiger partial charge in [0.05, 0.1) is 12.0 Å². The summed E-state index contributed by atoms with van der Waals surface area (Å²) < 4.78 is 7.25. The summed E-state index contributed by atoms with van der Waals surface area (Å²) in [6.07, 6.45) is 1.79. The van der Waals surface area contributed by atoms with E-state index >= 15 is 0 Å². The molecular weight excluding hydrogens is 330 g/mol. The maximum absolute atomic E-state index is 12.3. The lowest BCUT2D eigenvalue weighted by Crippen LogP contribution is -2.27. The van der Waals surface area contributed by atoms with E-state index in [0.717, 1.165) is 17.0 Å². The monoisotopic (exact) mass is 353 g/mol. The summed E-state index contributed by atoms with van der Waals surface area (Å²) in [7, 11) is 0. The maximum atomic E-state index is 12.3. The summed E-state index contributed by atoms with van der Waals surface area (Å²) in [4.78, 5) is 20.9. The van der Waals surface area contributed by atoms with Gasteiger partial charge in [-0.1, -0.05) is 31.1 Å². The van der Waals surface area contributed by atoms with E-state index in [1.165, 1.54) is 0 Å². The lowest BCUT2D eigenvalue weighted by atomic mass is 10.1. The topological polar surface area (TPSA) is 85.8 Å². The number of hydrogen-bond donors (Lipinski definition) is 1. The van der Waals surface area contributed by atoms with Gasteiger partial charge < -0.3 is 14.4 Å². The molecular formula is C19H23N5O2. The van der Waals surface area contributed by atoms with Crippen molar-refractivity contribution in [3.05, 3.63) is 53.4 Å². The van der Waals surface area contributed by atoms with E-state index in [1.807, 2.05) is 44.4 Å². The SMILES string of the molecule is Cc1ncn(CCNC(=O)c2ccc(-c3noc(C(C)C)n3)cc2)c1C. The fraction of sp³-hybridized carbons (Fsp3) is 0.368. The summed E-state index contributed by atoms with van der Waals surface area (Å²) in [6, 6.07) is 7.19. The van der Waals surface area contributed by atoms with Gasteiger partial charge in [-0.15, -0.1) is 0 Å². The third kappa shape index (κ3) is 3.82. The zero-order valence-corrected chi connectivity index (χ0v) is 15.5. The van der Waals surface area contributed by atoms with Gasteiger partial charge in [-0.25, -0.2) is 4.98 Å². The molecule has 1 N–H and O–H groups in total. The van der Waals surface area contributed by atoms with Crippen molar-refractivity contribution in [2.75, 3.05) is 6.54 Å². The van der Waals surface area contributed by atoms with Crippen LogP contribution in [0.4, 0.5) is 0 Å². The minimum absolute atomic E-state index is 0.109. The first-order valence-electron chi connectivity index (χ1n) is 8.66. The predicted molar refractivity (Wildman–Crippen MR) is 97.9 cm³/mol. The Balaban J connectivity index is 1.58. The van der Waals surface area contributed by atoms with Crippen molar-refractivity contribution in [1.29, 1.82) is 0 Å². The fourth-order valence-corrected chi connectivity index (χ4v) is 2.52. The zero-order valence-electron chi connectivity index (χ0n) is 15.5. The molecule has 0 bridgehead atoms. The Bertz CT molecular complexity index is 893. The van der Waals surface area contributed by atoms with E-state index in [0.29, 0.717) is 30.4 Å². The van der Waals surface area contributed by atoms with Crippen LogP contribution in [0.2, 0.25) is 0 Å². The van der Waals surface area contributed by atoms with Crippen LogP contribution in [0.15, 0.2) is 35.1 Å². The average Bonchev–Trinajstić information content (AvgIpc) is 3.24. The molecule has 1 aromatic carbocycles. The number of nitrogens with one attached hydrogen (secondary N) is 1. The number of aryl methyl sites for hydroxylation is 1. The summed E-state index contributed by atoms with van der Waals surface area (Å²) >= 11 is 0. The highest BCUT2D eigenvalue weighted by Crippen LogP contribution is 2.19. The van der Waals surface area contributed by atoms with Crippen LogP contribution in [0.3, 0.4) is 0 Å². The van der Waals surface area contributed by atoms with Gasteiger partial charge in [0.25, 0.3) is 5.91 Å². The molecule has 7 nitrogen and oxygen atoms in total. The van der Waals surface area contributed by atoms with Crippen LogP contribution in [0.25, 0.3) is 11.4 Å².